The second kappa shape index (κ2) is 4.91. The number of imide groups is 1. The molecule has 2 heterocycles. The monoisotopic (exact) mass is 362 g/mol. The largest absolute Gasteiger partial charge is 0.322 e. The maximum absolute atomic E-state index is 12.7. The van der Waals surface area contributed by atoms with Crippen LogP contribution >= 0.6 is 15.9 Å². The van der Waals surface area contributed by atoms with Gasteiger partial charge in [-0.25, -0.2) is 0 Å². The highest BCUT2D eigenvalue weighted by Crippen LogP contribution is 2.45. The van der Waals surface area contributed by atoms with E-state index in [1.807, 2.05) is 6.07 Å². The zero-order valence-corrected chi connectivity index (χ0v) is 13.5. The van der Waals surface area contributed by atoms with Gasteiger partial charge in [0, 0.05) is 23.0 Å². The van der Waals surface area contributed by atoms with E-state index in [0.717, 1.165) is 22.9 Å². The molecule has 1 aromatic rings. The Labute approximate surface area is 136 Å². The molecule has 22 heavy (non-hydrogen) atoms. The van der Waals surface area contributed by atoms with E-state index in [9.17, 15) is 14.4 Å². The van der Waals surface area contributed by atoms with E-state index in [1.165, 1.54) is 5.56 Å². The summed E-state index contributed by atoms with van der Waals surface area (Å²) in [6.45, 7) is 0.472. The second-order valence-electron chi connectivity index (χ2n) is 6.20. The first-order chi connectivity index (χ1) is 10.5. The van der Waals surface area contributed by atoms with Gasteiger partial charge in [0.05, 0.1) is 0 Å². The molecule has 6 heteroatoms. The third-order valence-corrected chi connectivity index (χ3v) is 5.13. The van der Waals surface area contributed by atoms with Crippen molar-refractivity contribution in [3.05, 3.63) is 33.3 Å². The fourth-order valence-electron chi connectivity index (χ4n) is 3.41. The summed E-state index contributed by atoms with van der Waals surface area (Å²) < 4.78 is 0.909. The van der Waals surface area contributed by atoms with Crippen molar-refractivity contribution in [1.82, 2.24) is 10.2 Å². The number of halogens is 1. The van der Waals surface area contributed by atoms with Crippen LogP contribution in [0.3, 0.4) is 0 Å². The van der Waals surface area contributed by atoms with Crippen molar-refractivity contribution in [3.8, 4) is 0 Å². The Morgan fingerprint density at radius 2 is 1.91 bits per heavy atom. The van der Waals surface area contributed by atoms with Gasteiger partial charge in [-0.15, -0.1) is 0 Å². The molecule has 5 nitrogen and oxygen atoms in total. The Bertz CT molecular complexity index is 712. The lowest BCUT2D eigenvalue weighted by Gasteiger charge is -2.29. The summed E-state index contributed by atoms with van der Waals surface area (Å²) in [5.41, 5.74) is 2.98. The molecule has 3 amide bonds. The molecule has 4 rings (SSSR count). The summed E-state index contributed by atoms with van der Waals surface area (Å²) >= 11 is 3.48. The van der Waals surface area contributed by atoms with Crippen LogP contribution in [0.4, 0.5) is 0 Å². The van der Waals surface area contributed by atoms with E-state index >= 15 is 0 Å². The van der Waals surface area contributed by atoms with Crippen LogP contribution in [0, 0.1) is 0 Å². The molecule has 1 saturated heterocycles. The third kappa shape index (κ3) is 2.17. The van der Waals surface area contributed by atoms with Crippen LogP contribution in [0.25, 0.3) is 0 Å². The van der Waals surface area contributed by atoms with Crippen molar-refractivity contribution in [2.75, 3.05) is 0 Å². The van der Waals surface area contributed by atoms with Gasteiger partial charge in [-0.3, -0.25) is 19.7 Å². The fraction of sp³-hybridized carbons (Fsp3) is 0.438. The smallest absolute Gasteiger partial charge is 0.255 e. The van der Waals surface area contributed by atoms with Crippen LogP contribution in [-0.4, -0.2) is 28.7 Å². The zero-order valence-electron chi connectivity index (χ0n) is 11.9. The Kier molecular flexibility index (Phi) is 3.11. The minimum absolute atomic E-state index is 0.104. The highest BCUT2D eigenvalue weighted by molar-refractivity contribution is 9.10. The SMILES string of the molecule is O=C1CCC(N2Cc3c(cc(Br)cc3C3CC3)C2=O)C(=O)N1. The number of benzene rings is 1. The van der Waals surface area contributed by atoms with Gasteiger partial charge in [0.15, 0.2) is 0 Å². The predicted molar refractivity (Wildman–Crippen MR) is 82.2 cm³/mol. The molecular weight excluding hydrogens is 348 g/mol. The average molecular weight is 363 g/mol. The summed E-state index contributed by atoms with van der Waals surface area (Å²) in [5, 5.41) is 2.33. The van der Waals surface area contributed by atoms with Crippen LogP contribution in [0.2, 0.25) is 0 Å². The van der Waals surface area contributed by atoms with Crippen molar-refractivity contribution in [2.45, 2.75) is 44.2 Å². The normalized spacial score (nSPS) is 24.5. The standard InChI is InChI=1S/C16H15BrN2O3/c17-9-5-10(8-1-2-8)12-7-19(16(22)11(12)6-9)13-3-4-14(20)18-15(13)21/h5-6,8,13H,1-4,7H2,(H,18,20,21). The molecule has 0 aromatic heterocycles. The topological polar surface area (TPSA) is 66.5 Å². The van der Waals surface area contributed by atoms with E-state index < -0.39 is 6.04 Å². The average Bonchev–Trinajstić information content (AvgIpc) is 3.25. The number of amides is 3. The lowest BCUT2D eigenvalue weighted by atomic mass is 10.00. The van der Waals surface area contributed by atoms with Crippen LogP contribution in [0.1, 0.15) is 53.1 Å². The van der Waals surface area contributed by atoms with Crippen molar-refractivity contribution in [2.24, 2.45) is 0 Å². The van der Waals surface area contributed by atoms with Crippen LogP contribution < -0.4 is 5.32 Å². The van der Waals surface area contributed by atoms with E-state index in [2.05, 4.69) is 27.3 Å². The number of piperidine rings is 1. The Morgan fingerprint density at radius 1 is 1.14 bits per heavy atom. The molecule has 1 aliphatic carbocycles. The number of nitrogens with zero attached hydrogens (tertiary/aromatic N) is 1. The van der Waals surface area contributed by atoms with Gasteiger partial charge in [-0.05, 0) is 48.4 Å². The molecule has 1 unspecified atom stereocenters. The van der Waals surface area contributed by atoms with Crippen LogP contribution in [-0.2, 0) is 16.1 Å². The highest BCUT2D eigenvalue weighted by atomic mass is 79.9. The first kappa shape index (κ1) is 13.9. The molecule has 1 saturated carbocycles. The first-order valence-corrected chi connectivity index (χ1v) is 8.31. The second-order valence-corrected chi connectivity index (χ2v) is 7.11. The third-order valence-electron chi connectivity index (χ3n) is 4.67. The van der Waals surface area contributed by atoms with Gasteiger partial charge in [-0.2, -0.15) is 0 Å². The quantitative estimate of drug-likeness (QED) is 0.819. The molecule has 1 atom stereocenters. The first-order valence-electron chi connectivity index (χ1n) is 7.51. The Morgan fingerprint density at radius 3 is 2.59 bits per heavy atom. The number of carbonyl (C=O) groups excluding carboxylic acids is 3. The number of hydrogen-bond acceptors (Lipinski definition) is 3. The minimum atomic E-state index is -0.538. The number of rotatable bonds is 2. The highest BCUT2D eigenvalue weighted by Gasteiger charge is 2.41. The zero-order chi connectivity index (χ0) is 15.4. The molecule has 3 aliphatic rings. The lowest BCUT2D eigenvalue weighted by Crippen LogP contribution is -2.52. The van der Waals surface area contributed by atoms with E-state index in [1.54, 1.807) is 4.90 Å². The molecule has 2 fully saturated rings. The molecular formula is C16H15BrN2O3. The van der Waals surface area contributed by atoms with Crippen LogP contribution in [0.5, 0.6) is 0 Å². The van der Waals surface area contributed by atoms with Crippen molar-refractivity contribution in [3.63, 3.8) is 0 Å². The van der Waals surface area contributed by atoms with Gasteiger partial charge in [0.1, 0.15) is 6.04 Å². The summed E-state index contributed by atoms with van der Waals surface area (Å²) in [6.07, 6.45) is 3.02. The van der Waals surface area contributed by atoms with Crippen molar-refractivity contribution < 1.29 is 14.4 Å². The molecule has 0 bridgehead atoms. The summed E-state index contributed by atoms with van der Waals surface area (Å²) in [7, 11) is 0. The van der Waals surface area contributed by atoms with E-state index in [4.69, 9.17) is 0 Å². The number of carbonyl (C=O) groups is 3. The Hall–Kier alpha value is -1.69. The molecule has 0 radical (unpaired) electrons. The maximum Gasteiger partial charge on any atom is 0.255 e. The van der Waals surface area contributed by atoms with E-state index in [0.29, 0.717) is 24.4 Å². The van der Waals surface area contributed by atoms with Gasteiger partial charge in [-0.1, -0.05) is 15.9 Å². The molecule has 1 N–H and O–H groups in total. The molecule has 114 valence electrons. The van der Waals surface area contributed by atoms with Crippen molar-refractivity contribution >= 4 is 33.7 Å². The molecule has 0 spiro atoms. The van der Waals surface area contributed by atoms with E-state index in [-0.39, 0.29) is 24.1 Å². The fourth-order valence-corrected chi connectivity index (χ4v) is 3.89. The van der Waals surface area contributed by atoms with Gasteiger partial charge in [0.25, 0.3) is 5.91 Å². The number of nitrogens with one attached hydrogen (secondary N) is 1. The van der Waals surface area contributed by atoms with Crippen LogP contribution in [0.15, 0.2) is 16.6 Å². The van der Waals surface area contributed by atoms with Gasteiger partial charge >= 0.3 is 0 Å². The van der Waals surface area contributed by atoms with Crippen molar-refractivity contribution in [1.29, 1.82) is 0 Å². The molecule has 1 aromatic carbocycles. The number of hydrogen-bond donors (Lipinski definition) is 1. The molecule has 2 aliphatic heterocycles. The Balaban J connectivity index is 1.68. The summed E-state index contributed by atoms with van der Waals surface area (Å²) in [4.78, 5) is 37.7. The summed E-state index contributed by atoms with van der Waals surface area (Å²) in [5.74, 6) is -0.176. The van der Waals surface area contributed by atoms with Gasteiger partial charge in [0.2, 0.25) is 11.8 Å². The number of fused-ring (bicyclic) bond motifs is 1. The minimum Gasteiger partial charge on any atom is -0.322 e. The maximum atomic E-state index is 12.7. The predicted octanol–water partition coefficient (Wildman–Crippen LogP) is 2.09. The van der Waals surface area contributed by atoms with Gasteiger partial charge < -0.3 is 4.90 Å². The summed E-state index contributed by atoms with van der Waals surface area (Å²) in [6, 6.07) is 3.40. The lowest BCUT2D eigenvalue weighted by molar-refractivity contribution is -0.136.